The summed E-state index contributed by atoms with van der Waals surface area (Å²) in [6.45, 7) is 2.59. The number of fused-ring (bicyclic) bond motifs is 1. The molecule has 0 aliphatic heterocycles. The van der Waals surface area contributed by atoms with E-state index in [-0.39, 0.29) is 17.9 Å². The van der Waals surface area contributed by atoms with Crippen LogP contribution >= 0.6 is 0 Å². The van der Waals surface area contributed by atoms with Gasteiger partial charge in [0.1, 0.15) is 0 Å². The van der Waals surface area contributed by atoms with Crippen LogP contribution < -0.4 is 5.32 Å². The molecule has 2 heterocycles. The Morgan fingerprint density at radius 3 is 3.05 bits per heavy atom. The average Bonchev–Trinajstić information content (AvgIpc) is 3.13. The van der Waals surface area contributed by atoms with Crippen LogP contribution in [-0.4, -0.2) is 34.3 Å². The quantitative estimate of drug-likeness (QED) is 0.861. The molecule has 1 aliphatic carbocycles. The SMILES string of the molecule is Cc1noc2ncc(C(=O)NCC3(CCO)CC3)cc12. The van der Waals surface area contributed by atoms with E-state index < -0.39 is 0 Å². The summed E-state index contributed by atoms with van der Waals surface area (Å²) in [5.74, 6) is -0.149. The maximum atomic E-state index is 12.1. The maximum absolute atomic E-state index is 12.1. The van der Waals surface area contributed by atoms with Gasteiger partial charge in [-0.25, -0.2) is 4.98 Å². The van der Waals surface area contributed by atoms with Crippen molar-refractivity contribution in [2.24, 2.45) is 5.41 Å². The number of rotatable bonds is 5. The Bertz CT molecular complexity index is 646. The van der Waals surface area contributed by atoms with Gasteiger partial charge in [0.05, 0.1) is 16.6 Å². The molecular weight excluding hydrogens is 258 g/mol. The first-order valence-electron chi connectivity index (χ1n) is 6.75. The Morgan fingerprint density at radius 2 is 2.35 bits per heavy atom. The van der Waals surface area contributed by atoms with Gasteiger partial charge < -0.3 is 14.9 Å². The molecule has 1 saturated carbocycles. The number of aryl methyl sites for hydroxylation is 1. The van der Waals surface area contributed by atoms with Crippen molar-refractivity contribution in [3.8, 4) is 0 Å². The molecule has 6 heteroatoms. The number of aromatic nitrogens is 2. The number of pyridine rings is 1. The number of aliphatic hydroxyl groups excluding tert-OH is 1. The Hall–Kier alpha value is -1.95. The van der Waals surface area contributed by atoms with E-state index in [4.69, 9.17) is 9.63 Å². The van der Waals surface area contributed by atoms with Crippen LogP contribution in [-0.2, 0) is 0 Å². The Balaban J connectivity index is 1.70. The lowest BCUT2D eigenvalue weighted by atomic mass is 10.0. The lowest BCUT2D eigenvalue weighted by molar-refractivity contribution is 0.0940. The summed E-state index contributed by atoms with van der Waals surface area (Å²) in [7, 11) is 0. The van der Waals surface area contributed by atoms with Crippen LogP contribution in [0, 0.1) is 12.3 Å². The zero-order chi connectivity index (χ0) is 14.2. The van der Waals surface area contributed by atoms with E-state index in [9.17, 15) is 4.79 Å². The minimum absolute atomic E-state index is 0.106. The molecule has 106 valence electrons. The fourth-order valence-corrected chi connectivity index (χ4v) is 2.37. The molecule has 0 bridgehead atoms. The van der Waals surface area contributed by atoms with Crippen LogP contribution in [0.3, 0.4) is 0 Å². The highest BCUT2D eigenvalue weighted by Gasteiger charge is 2.41. The van der Waals surface area contributed by atoms with Crippen LogP contribution in [0.25, 0.3) is 11.1 Å². The molecule has 0 radical (unpaired) electrons. The lowest BCUT2D eigenvalue weighted by Crippen LogP contribution is -2.30. The molecule has 1 fully saturated rings. The van der Waals surface area contributed by atoms with Crippen LogP contribution in [0.1, 0.15) is 35.3 Å². The normalized spacial score (nSPS) is 16.3. The molecule has 6 nitrogen and oxygen atoms in total. The minimum atomic E-state index is -0.149. The number of hydrogen-bond acceptors (Lipinski definition) is 5. The Labute approximate surface area is 116 Å². The summed E-state index contributed by atoms with van der Waals surface area (Å²) in [4.78, 5) is 16.2. The number of amides is 1. The van der Waals surface area contributed by atoms with E-state index >= 15 is 0 Å². The van der Waals surface area contributed by atoms with Gasteiger partial charge in [-0.3, -0.25) is 4.79 Å². The van der Waals surface area contributed by atoms with Crippen molar-refractivity contribution in [3.63, 3.8) is 0 Å². The number of aliphatic hydroxyl groups is 1. The zero-order valence-corrected chi connectivity index (χ0v) is 11.3. The van der Waals surface area contributed by atoms with Gasteiger partial charge in [0.2, 0.25) is 0 Å². The monoisotopic (exact) mass is 275 g/mol. The van der Waals surface area contributed by atoms with Crippen molar-refractivity contribution in [1.29, 1.82) is 0 Å². The maximum Gasteiger partial charge on any atom is 0.257 e. The molecule has 2 aromatic rings. The molecule has 20 heavy (non-hydrogen) atoms. The topological polar surface area (TPSA) is 88.2 Å². The third-order valence-electron chi connectivity index (χ3n) is 4.00. The Morgan fingerprint density at radius 1 is 1.55 bits per heavy atom. The van der Waals surface area contributed by atoms with E-state index in [0.29, 0.717) is 17.8 Å². The summed E-state index contributed by atoms with van der Waals surface area (Å²) in [5, 5.41) is 16.5. The average molecular weight is 275 g/mol. The van der Waals surface area contributed by atoms with Crippen molar-refractivity contribution in [1.82, 2.24) is 15.5 Å². The van der Waals surface area contributed by atoms with Crippen LogP contribution in [0.15, 0.2) is 16.8 Å². The molecule has 0 atom stereocenters. The van der Waals surface area contributed by atoms with E-state index in [2.05, 4.69) is 15.5 Å². The van der Waals surface area contributed by atoms with E-state index in [1.54, 1.807) is 6.07 Å². The standard InChI is InChI=1S/C14H17N3O3/c1-9-11-6-10(7-15-13(11)20-17-9)12(19)16-8-14(2-3-14)4-5-18/h6-7,18H,2-5,8H2,1H3,(H,16,19). The van der Waals surface area contributed by atoms with Crippen LogP contribution in [0.4, 0.5) is 0 Å². The molecule has 3 rings (SSSR count). The first kappa shape index (κ1) is 13.1. The lowest BCUT2D eigenvalue weighted by Gasteiger charge is -2.14. The van der Waals surface area contributed by atoms with Crippen molar-refractivity contribution in [2.45, 2.75) is 26.2 Å². The molecule has 0 aromatic carbocycles. The number of carbonyl (C=O) groups is 1. The van der Waals surface area contributed by atoms with Crippen molar-refractivity contribution in [2.75, 3.05) is 13.2 Å². The van der Waals surface area contributed by atoms with Crippen molar-refractivity contribution in [3.05, 3.63) is 23.5 Å². The molecule has 1 amide bonds. The molecule has 0 saturated heterocycles. The summed E-state index contributed by atoms with van der Waals surface area (Å²) in [5.41, 5.74) is 1.78. The van der Waals surface area contributed by atoms with Crippen molar-refractivity contribution >= 4 is 17.0 Å². The molecule has 0 spiro atoms. The summed E-state index contributed by atoms with van der Waals surface area (Å²) in [6, 6.07) is 1.75. The predicted molar refractivity (Wildman–Crippen MR) is 72.2 cm³/mol. The zero-order valence-electron chi connectivity index (χ0n) is 11.3. The van der Waals surface area contributed by atoms with Crippen LogP contribution in [0.2, 0.25) is 0 Å². The van der Waals surface area contributed by atoms with Gasteiger partial charge in [-0.05, 0) is 37.7 Å². The van der Waals surface area contributed by atoms with Gasteiger partial charge in [-0.1, -0.05) is 5.16 Å². The summed E-state index contributed by atoms with van der Waals surface area (Å²) >= 11 is 0. The molecule has 0 unspecified atom stereocenters. The van der Waals surface area contributed by atoms with E-state index in [0.717, 1.165) is 30.3 Å². The van der Waals surface area contributed by atoms with Gasteiger partial charge in [-0.2, -0.15) is 0 Å². The fourth-order valence-electron chi connectivity index (χ4n) is 2.37. The third-order valence-corrected chi connectivity index (χ3v) is 4.00. The van der Waals surface area contributed by atoms with Gasteiger partial charge >= 0.3 is 0 Å². The predicted octanol–water partition coefficient (Wildman–Crippen LogP) is 1.42. The first-order chi connectivity index (χ1) is 9.63. The van der Waals surface area contributed by atoms with Crippen LogP contribution in [0.5, 0.6) is 0 Å². The number of carbonyl (C=O) groups excluding carboxylic acids is 1. The largest absolute Gasteiger partial charge is 0.396 e. The van der Waals surface area contributed by atoms with E-state index in [1.165, 1.54) is 6.20 Å². The Kier molecular flexibility index (Phi) is 3.17. The molecular formula is C14H17N3O3. The second kappa shape index (κ2) is 4.86. The van der Waals surface area contributed by atoms with Gasteiger partial charge in [-0.15, -0.1) is 0 Å². The minimum Gasteiger partial charge on any atom is -0.396 e. The fraction of sp³-hybridized carbons (Fsp3) is 0.500. The van der Waals surface area contributed by atoms with E-state index in [1.807, 2.05) is 6.92 Å². The number of nitrogens with zero attached hydrogens (tertiary/aromatic N) is 2. The second-order valence-corrected chi connectivity index (χ2v) is 5.50. The molecule has 1 aliphatic rings. The van der Waals surface area contributed by atoms with Gasteiger partial charge in [0, 0.05) is 19.3 Å². The highest BCUT2D eigenvalue weighted by Crippen LogP contribution is 2.47. The van der Waals surface area contributed by atoms with Gasteiger partial charge in [0.15, 0.2) is 0 Å². The third kappa shape index (κ3) is 2.38. The highest BCUT2D eigenvalue weighted by atomic mass is 16.5. The summed E-state index contributed by atoms with van der Waals surface area (Å²) in [6.07, 6.45) is 4.37. The number of hydrogen-bond donors (Lipinski definition) is 2. The smallest absolute Gasteiger partial charge is 0.257 e. The van der Waals surface area contributed by atoms with Crippen molar-refractivity contribution < 1.29 is 14.4 Å². The summed E-state index contributed by atoms with van der Waals surface area (Å²) < 4.78 is 5.02. The highest BCUT2D eigenvalue weighted by molar-refractivity contribution is 5.96. The second-order valence-electron chi connectivity index (χ2n) is 5.50. The molecule has 2 N–H and O–H groups in total. The number of nitrogens with one attached hydrogen (secondary N) is 1. The first-order valence-corrected chi connectivity index (χ1v) is 6.75. The van der Waals surface area contributed by atoms with Gasteiger partial charge in [0.25, 0.3) is 11.6 Å². The molecule has 2 aromatic heterocycles.